The van der Waals surface area contributed by atoms with E-state index in [1.807, 2.05) is 23.1 Å². The highest BCUT2D eigenvalue weighted by molar-refractivity contribution is 6.02. The minimum Gasteiger partial charge on any atom is -0.361 e. The van der Waals surface area contributed by atoms with E-state index < -0.39 is 11.7 Å². The van der Waals surface area contributed by atoms with Crippen molar-refractivity contribution in [2.45, 2.75) is 32.7 Å². The van der Waals surface area contributed by atoms with Gasteiger partial charge in [-0.2, -0.15) is 5.10 Å². The number of aromatic nitrogens is 4. The van der Waals surface area contributed by atoms with E-state index >= 15 is 0 Å². The van der Waals surface area contributed by atoms with Crippen LogP contribution in [-0.2, 0) is 4.79 Å². The van der Waals surface area contributed by atoms with E-state index in [0.717, 1.165) is 35.1 Å². The zero-order chi connectivity index (χ0) is 22.9. The number of halogens is 1. The molecule has 0 saturated heterocycles. The third-order valence-corrected chi connectivity index (χ3v) is 5.65. The quantitative estimate of drug-likeness (QED) is 0.407. The Bertz CT molecular complexity index is 1350. The molecule has 166 valence electrons. The summed E-state index contributed by atoms with van der Waals surface area (Å²) in [4.78, 5) is 16.6. The number of nitrogens with zero attached hydrogens (tertiary/aromatic N) is 4. The summed E-state index contributed by atoms with van der Waals surface area (Å²) in [7, 11) is 0. The van der Waals surface area contributed by atoms with Crippen molar-refractivity contribution >= 4 is 17.7 Å². The van der Waals surface area contributed by atoms with Crippen molar-refractivity contribution in [2.75, 3.05) is 5.32 Å². The summed E-state index contributed by atoms with van der Waals surface area (Å²) < 4.78 is 21.8. The van der Waals surface area contributed by atoms with Crippen molar-refractivity contribution in [1.82, 2.24) is 19.9 Å². The van der Waals surface area contributed by atoms with Gasteiger partial charge in [0.1, 0.15) is 11.6 Å². The largest absolute Gasteiger partial charge is 0.361 e. The molecule has 0 aliphatic heterocycles. The molecular formula is C25H22FN5O2. The number of aryl methyl sites for hydroxylation is 2. The average molecular weight is 443 g/mol. The summed E-state index contributed by atoms with van der Waals surface area (Å²) in [5, 5.41) is 10.9. The molecule has 1 amide bonds. The third-order valence-electron chi connectivity index (χ3n) is 5.65. The van der Waals surface area contributed by atoms with Crippen molar-refractivity contribution in [3.8, 4) is 22.3 Å². The predicted molar refractivity (Wildman–Crippen MR) is 123 cm³/mol. The van der Waals surface area contributed by atoms with Crippen molar-refractivity contribution in [1.29, 1.82) is 0 Å². The molecule has 3 heterocycles. The average Bonchev–Trinajstić information content (AvgIpc) is 3.45. The number of rotatable bonds is 6. The Hall–Kier alpha value is -4.07. The van der Waals surface area contributed by atoms with Crippen LogP contribution in [0.5, 0.6) is 0 Å². The first-order chi connectivity index (χ1) is 16.0. The van der Waals surface area contributed by atoms with Crippen LogP contribution < -0.4 is 5.32 Å². The first-order valence-electron chi connectivity index (χ1n) is 10.7. The predicted octanol–water partition coefficient (Wildman–Crippen LogP) is 5.34. The van der Waals surface area contributed by atoms with Gasteiger partial charge in [-0.1, -0.05) is 11.2 Å². The molecule has 0 unspecified atom stereocenters. The third kappa shape index (κ3) is 4.32. The Morgan fingerprint density at radius 1 is 1.21 bits per heavy atom. The Morgan fingerprint density at radius 3 is 2.79 bits per heavy atom. The van der Waals surface area contributed by atoms with Crippen LogP contribution in [0.2, 0.25) is 0 Å². The maximum atomic E-state index is 14.7. The van der Waals surface area contributed by atoms with Gasteiger partial charge in [0.05, 0.1) is 23.6 Å². The van der Waals surface area contributed by atoms with Crippen molar-refractivity contribution < 1.29 is 13.7 Å². The van der Waals surface area contributed by atoms with Crippen LogP contribution >= 0.6 is 0 Å². The molecule has 1 aromatic carbocycles. The number of benzene rings is 1. The van der Waals surface area contributed by atoms with Crippen LogP contribution in [-0.4, -0.2) is 25.8 Å². The van der Waals surface area contributed by atoms with Gasteiger partial charge in [-0.3, -0.25) is 14.5 Å². The summed E-state index contributed by atoms with van der Waals surface area (Å²) in [5.74, 6) is -0.368. The van der Waals surface area contributed by atoms with E-state index in [0.29, 0.717) is 23.1 Å². The molecule has 1 aliphatic rings. The lowest BCUT2D eigenvalue weighted by Crippen LogP contribution is -2.09. The van der Waals surface area contributed by atoms with Gasteiger partial charge in [0.25, 0.3) is 0 Å². The van der Waals surface area contributed by atoms with E-state index in [9.17, 15) is 9.18 Å². The molecule has 33 heavy (non-hydrogen) atoms. The monoisotopic (exact) mass is 443 g/mol. The number of anilines is 1. The number of carbonyl (C=O) groups is 1. The fourth-order valence-corrected chi connectivity index (χ4v) is 3.83. The Kier molecular flexibility index (Phi) is 5.34. The summed E-state index contributed by atoms with van der Waals surface area (Å²) in [5.41, 5.74) is 4.84. The van der Waals surface area contributed by atoms with Gasteiger partial charge >= 0.3 is 0 Å². The number of carbonyl (C=O) groups excluding carboxylic acids is 1. The highest BCUT2D eigenvalue weighted by Gasteiger charge is 2.24. The normalized spacial score (nSPS) is 13.5. The lowest BCUT2D eigenvalue weighted by atomic mass is 10.0. The van der Waals surface area contributed by atoms with Crippen LogP contribution in [0.1, 0.15) is 35.9 Å². The molecule has 0 bridgehead atoms. The van der Waals surface area contributed by atoms with Gasteiger partial charge in [-0.25, -0.2) is 4.39 Å². The number of hydrogen-bond donors (Lipinski definition) is 1. The molecular weight excluding hydrogens is 421 g/mol. The molecule has 0 radical (unpaired) electrons. The fraction of sp³-hybridized carbons (Fsp3) is 0.200. The first-order valence-corrected chi connectivity index (χ1v) is 10.7. The van der Waals surface area contributed by atoms with Gasteiger partial charge in [0.2, 0.25) is 5.91 Å². The second-order valence-corrected chi connectivity index (χ2v) is 8.12. The molecule has 8 heteroatoms. The van der Waals surface area contributed by atoms with Crippen LogP contribution in [0.3, 0.4) is 0 Å². The standard InChI is InChI=1S/C25H22FN5O2/c1-15-25(16(2)33-30-15)17-3-7-23(22(26)11-17)29-24(32)8-4-18-12-27-10-9-21(18)19-13-28-31(14-19)20-5-6-20/h3-4,7-14,20H,5-6H2,1-2H3,(H,29,32). The highest BCUT2D eigenvalue weighted by Crippen LogP contribution is 2.35. The van der Waals surface area contributed by atoms with Crippen LogP contribution in [0, 0.1) is 19.7 Å². The maximum Gasteiger partial charge on any atom is 0.248 e. The summed E-state index contributed by atoms with van der Waals surface area (Å²) in [6.45, 7) is 3.57. The molecule has 5 rings (SSSR count). The number of nitrogens with one attached hydrogen (secondary N) is 1. The van der Waals surface area contributed by atoms with Gasteiger partial charge in [0, 0.05) is 41.4 Å². The molecule has 7 nitrogen and oxygen atoms in total. The van der Waals surface area contributed by atoms with E-state index in [4.69, 9.17) is 4.52 Å². The summed E-state index contributed by atoms with van der Waals surface area (Å²) >= 11 is 0. The summed E-state index contributed by atoms with van der Waals surface area (Å²) in [6.07, 6.45) is 12.6. The topological polar surface area (TPSA) is 85.8 Å². The Labute approximate surface area is 189 Å². The zero-order valence-electron chi connectivity index (χ0n) is 18.2. The molecule has 1 fully saturated rings. The van der Waals surface area contributed by atoms with E-state index in [1.165, 1.54) is 18.2 Å². The fourth-order valence-electron chi connectivity index (χ4n) is 3.83. The lowest BCUT2D eigenvalue weighted by molar-refractivity contribution is -0.111. The van der Waals surface area contributed by atoms with Gasteiger partial charge < -0.3 is 9.84 Å². The van der Waals surface area contributed by atoms with Gasteiger partial charge in [0.15, 0.2) is 0 Å². The van der Waals surface area contributed by atoms with Gasteiger partial charge in [-0.15, -0.1) is 0 Å². The number of hydrogen-bond acceptors (Lipinski definition) is 5. The molecule has 1 N–H and O–H groups in total. The van der Waals surface area contributed by atoms with E-state index in [1.54, 1.807) is 38.4 Å². The summed E-state index contributed by atoms with van der Waals surface area (Å²) in [6, 6.07) is 7.00. The molecule has 0 spiro atoms. The van der Waals surface area contributed by atoms with Crippen molar-refractivity contribution in [2.24, 2.45) is 0 Å². The Morgan fingerprint density at radius 2 is 2.06 bits per heavy atom. The Balaban J connectivity index is 1.32. The minimum atomic E-state index is -0.538. The van der Waals surface area contributed by atoms with Crippen molar-refractivity contribution in [3.05, 3.63) is 78.0 Å². The van der Waals surface area contributed by atoms with E-state index in [-0.39, 0.29) is 5.69 Å². The molecule has 1 aliphatic carbocycles. The van der Waals surface area contributed by atoms with Crippen LogP contribution in [0.25, 0.3) is 28.3 Å². The molecule has 4 aromatic rings. The van der Waals surface area contributed by atoms with Gasteiger partial charge in [-0.05, 0) is 62.1 Å². The molecule has 3 aromatic heterocycles. The second-order valence-electron chi connectivity index (χ2n) is 8.12. The minimum absolute atomic E-state index is 0.0947. The second kappa shape index (κ2) is 8.46. The SMILES string of the molecule is Cc1noc(C)c1-c1ccc(NC(=O)C=Cc2cnccc2-c2cnn(C3CC3)c2)c(F)c1. The number of pyridine rings is 1. The molecule has 1 saturated carbocycles. The lowest BCUT2D eigenvalue weighted by Gasteiger charge is -2.07. The first kappa shape index (κ1) is 20.8. The maximum absolute atomic E-state index is 14.7. The molecule has 0 atom stereocenters. The van der Waals surface area contributed by atoms with Crippen LogP contribution in [0.4, 0.5) is 10.1 Å². The smallest absolute Gasteiger partial charge is 0.248 e. The van der Waals surface area contributed by atoms with E-state index in [2.05, 4.69) is 20.6 Å². The van der Waals surface area contributed by atoms with Crippen molar-refractivity contribution in [3.63, 3.8) is 0 Å². The highest BCUT2D eigenvalue weighted by atomic mass is 19.1. The van der Waals surface area contributed by atoms with Crippen LogP contribution in [0.15, 0.2) is 59.7 Å². The zero-order valence-corrected chi connectivity index (χ0v) is 18.2. The number of amides is 1.